The number of carbonyl (C=O) groups excluding carboxylic acids is 1. The minimum Gasteiger partial charge on any atom is -0.494 e. The molecule has 0 unspecified atom stereocenters. The maximum Gasteiger partial charge on any atom is 0.243 e. The monoisotopic (exact) mass is 325 g/mol. The summed E-state index contributed by atoms with van der Waals surface area (Å²) in [6, 6.07) is 5.20. The number of hydrogen-bond acceptors (Lipinski definition) is 6. The molecule has 0 fully saturated rings. The summed E-state index contributed by atoms with van der Waals surface area (Å²) in [5, 5.41) is 3.36. The summed E-state index contributed by atoms with van der Waals surface area (Å²) in [4.78, 5) is 16.3. The zero-order valence-electron chi connectivity index (χ0n) is 12.1. The standard InChI is InChI=1S/C14H19N3O2S2/c1-3-19-9-4-5-11-12(8-9)21-14(16-11)17-13(18)10(15)6-7-20-2/h4-5,8,10H,3,6-7,15H2,1-2H3,(H,16,17,18)/t10-/m0/s1. The van der Waals surface area contributed by atoms with Gasteiger partial charge in [-0.1, -0.05) is 11.3 Å². The number of anilines is 1. The number of carbonyl (C=O) groups is 1. The van der Waals surface area contributed by atoms with Gasteiger partial charge >= 0.3 is 0 Å². The maximum absolute atomic E-state index is 12.0. The number of nitrogens with one attached hydrogen (secondary N) is 1. The first-order valence-electron chi connectivity index (χ1n) is 6.72. The van der Waals surface area contributed by atoms with E-state index in [1.165, 1.54) is 11.3 Å². The molecule has 3 N–H and O–H groups in total. The van der Waals surface area contributed by atoms with Crippen LogP contribution in [-0.4, -0.2) is 35.5 Å². The summed E-state index contributed by atoms with van der Waals surface area (Å²) in [5.74, 6) is 1.49. The number of nitrogens with two attached hydrogens (primary N) is 1. The zero-order chi connectivity index (χ0) is 15.2. The second kappa shape index (κ2) is 7.63. The Morgan fingerprint density at radius 1 is 1.57 bits per heavy atom. The molecule has 1 amide bonds. The number of thiazole rings is 1. The van der Waals surface area contributed by atoms with Crippen LogP contribution in [0.25, 0.3) is 10.2 Å². The summed E-state index contributed by atoms with van der Waals surface area (Å²) in [6.45, 7) is 2.57. The van der Waals surface area contributed by atoms with Gasteiger partial charge in [-0.25, -0.2) is 4.98 Å². The van der Waals surface area contributed by atoms with Gasteiger partial charge in [0.05, 0.1) is 22.9 Å². The van der Waals surface area contributed by atoms with Gasteiger partial charge in [0.2, 0.25) is 5.91 Å². The number of amides is 1. The van der Waals surface area contributed by atoms with Crippen molar-refractivity contribution in [2.24, 2.45) is 5.73 Å². The fourth-order valence-electron chi connectivity index (χ4n) is 1.79. The minimum absolute atomic E-state index is 0.187. The Balaban J connectivity index is 2.06. The molecular weight excluding hydrogens is 306 g/mol. The Labute approximate surface area is 132 Å². The Bertz CT molecular complexity index is 615. The lowest BCUT2D eigenvalue weighted by molar-refractivity contribution is -0.117. The predicted octanol–water partition coefficient (Wildman–Crippen LogP) is 2.71. The van der Waals surface area contributed by atoms with E-state index in [9.17, 15) is 4.79 Å². The summed E-state index contributed by atoms with van der Waals surface area (Å²) in [5.41, 5.74) is 6.68. The third-order valence-corrected chi connectivity index (χ3v) is 4.45. The summed E-state index contributed by atoms with van der Waals surface area (Å²) < 4.78 is 6.44. The molecule has 1 atom stereocenters. The highest BCUT2D eigenvalue weighted by atomic mass is 32.2. The lowest BCUT2D eigenvalue weighted by Crippen LogP contribution is -2.36. The van der Waals surface area contributed by atoms with E-state index in [0.717, 1.165) is 21.7 Å². The van der Waals surface area contributed by atoms with Gasteiger partial charge < -0.3 is 15.8 Å². The number of fused-ring (bicyclic) bond motifs is 1. The third-order valence-electron chi connectivity index (χ3n) is 2.87. The van der Waals surface area contributed by atoms with Gasteiger partial charge in [0, 0.05) is 0 Å². The molecule has 114 valence electrons. The van der Waals surface area contributed by atoms with Crippen LogP contribution in [0.4, 0.5) is 5.13 Å². The van der Waals surface area contributed by atoms with Crippen LogP contribution in [0.5, 0.6) is 5.75 Å². The first-order valence-corrected chi connectivity index (χ1v) is 8.94. The Morgan fingerprint density at radius 3 is 3.10 bits per heavy atom. The molecule has 0 saturated carbocycles. The number of benzene rings is 1. The molecule has 0 aliphatic heterocycles. The van der Waals surface area contributed by atoms with E-state index < -0.39 is 6.04 Å². The Morgan fingerprint density at radius 2 is 2.38 bits per heavy atom. The number of nitrogens with zero attached hydrogens (tertiary/aromatic N) is 1. The maximum atomic E-state index is 12.0. The molecular formula is C14H19N3O2S2. The van der Waals surface area contributed by atoms with E-state index in [-0.39, 0.29) is 5.91 Å². The highest BCUT2D eigenvalue weighted by molar-refractivity contribution is 7.98. The van der Waals surface area contributed by atoms with E-state index in [0.29, 0.717) is 18.2 Å². The zero-order valence-corrected chi connectivity index (χ0v) is 13.7. The molecule has 0 aliphatic rings. The van der Waals surface area contributed by atoms with Gasteiger partial charge in [-0.3, -0.25) is 4.79 Å². The second-order valence-electron chi connectivity index (χ2n) is 4.46. The van der Waals surface area contributed by atoms with Crippen molar-refractivity contribution in [1.29, 1.82) is 0 Å². The SMILES string of the molecule is CCOc1ccc2nc(NC(=O)[C@@H](N)CCSC)sc2c1. The minimum atomic E-state index is -0.497. The molecule has 1 heterocycles. The van der Waals surface area contributed by atoms with Crippen LogP contribution < -0.4 is 15.8 Å². The van der Waals surface area contributed by atoms with Crippen LogP contribution in [0.2, 0.25) is 0 Å². The number of hydrogen-bond donors (Lipinski definition) is 2. The predicted molar refractivity (Wildman–Crippen MR) is 90.4 cm³/mol. The third kappa shape index (κ3) is 4.33. The van der Waals surface area contributed by atoms with Crippen molar-refractivity contribution in [3.63, 3.8) is 0 Å². The van der Waals surface area contributed by atoms with Crippen molar-refractivity contribution in [2.45, 2.75) is 19.4 Å². The van der Waals surface area contributed by atoms with Gasteiger partial charge in [0.15, 0.2) is 5.13 Å². The first kappa shape index (κ1) is 16.1. The van der Waals surface area contributed by atoms with E-state index in [1.54, 1.807) is 11.8 Å². The number of ether oxygens (including phenoxy) is 1. The highest BCUT2D eigenvalue weighted by Gasteiger charge is 2.15. The van der Waals surface area contributed by atoms with Gasteiger partial charge in [0.25, 0.3) is 0 Å². The highest BCUT2D eigenvalue weighted by Crippen LogP contribution is 2.29. The molecule has 0 saturated heterocycles. The van der Waals surface area contributed by atoms with E-state index in [1.807, 2.05) is 31.4 Å². The molecule has 2 rings (SSSR count). The van der Waals surface area contributed by atoms with Crippen LogP contribution >= 0.6 is 23.1 Å². The molecule has 0 bridgehead atoms. The van der Waals surface area contributed by atoms with Crippen LogP contribution in [0.3, 0.4) is 0 Å². The van der Waals surface area contributed by atoms with Crippen molar-refractivity contribution in [3.05, 3.63) is 18.2 Å². The quantitative estimate of drug-likeness (QED) is 0.818. The topological polar surface area (TPSA) is 77.2 Å². The largest absolute Gasteiger partial charge is 0.494 e. The van der Waals surface area contributed by atoms with Crippen molar-refractivity contribution >= 4 is 44.4 Å². The summed E-state index contributed by atoms with van der Waals surface area (Å²) in [6.07, 6.45) is 2.65. The van der Waals surface area contributed by atoms with Crippen LogP contribution in [-0.2, 0) is 4.79 Å². The molecule has 5 nitrogen and oxygen atoms in total. The average Bonchev–Trinajstić information content (AvgIpc) is 2.86. The molecule has 1 aromatic carbocycles. The number of rotatable bonds is 7. The van der Waals surface area contributed by atoms with Gasteiger partial charge in [0.1, 0.15) is 5.75 Å². The Hall–Kier alpha value is -1.31. The fraction of sp³-hybridized carbons (Fsp3) is 0.429. The fourth-order valence-corrected chi connectivity index (χ4v) is 3.18. The van der Waals surface area contributed by atoms with E-state index in [2.05, 4.69) is 10.3 Å². The molecule has 21 heavy (non-hydrogen) atoms. The summed E-state index contributed by atoms with van der Waals surface area (Å²) >= 11 is 3.10. The van der Waals surface area contributed by atoms with Gasteiger partial charge in [-0.2, -0.15) is 11.8 Å². The molecule has 0 spiro atoms. The van der Waals surface area contributed by atoms with Gasteiger partial charge in [-0.15, -0.1) is 0 Å². The second-order valence-corrected chi connectivity index (χ2v) is 6.48. The van der Waals surface area contributed by atoms with E-state index >= 15 is 0 Å². The lowest BCUT2D eigenvalue weighted by Gasteiger charge is -2.09. The molecule has 7 heteroatoms. The number of thioether (sulfide) groups is 1. The number of aromatic nitrogens is 1. The Kier molecular flexibility index (Phi) is 5.84. The van der Waals surface area contributed by atoms with Crippen LogP contribution in [0.15, 0.2) is 18.2 Å². The van der Waals surface area contributed by atoms with Crippen molar-refractivity contribution in [1.82, 2.24) is 4.98 Å². The smallest absolute Gasteiger partial charge is 0.243 e. The molecule has 1 aromatic heterocycles. The average molecular weight is 325 g/mol. The van der Waals surface area contributed by atoms with Crippen molar-refractivity contribution in [3.8, 4) is 5.75 Å². The normalized spacial score (nSPS) is 12.3. The van der Waals surface area contributed by atoms with Crippen molar-refractivity contribution < 1.29 is 9.53 Å². The van der Waals surface area contributed by atoms with Gasteiger partial charge in [-0.05, 0) is 43.6 Å². The lowest BCUT2D eigenvalue weighted by atomic mass is 10.2. The molecule has 0 radical (unpaired) electrons. The van der Waals surface area contributed by atoms with Crippen LogP contribution in [0, 0.1) is 0 Å². The molecule has 0 aliphatic carbocycles. The molecule has 2 aromatic rings. The first-order chi connectivity index (χ1) is 10.1. The van der Waals surface area contributed by atoms with Crippen LogP contribution in [0.1, 0.15) is 13.3 Å². The van der Waals surface area contributed by atoms with Crippen molar-refractivity contribution in [2.75, 3.05) is 23.9 Å². The summed E-state index contributed by atoms with van der Waals surface area (Å²) in [7, 11) is 0. The van der Waals surface area contributed by atoms with E-state index in [4.69, 9.17) is 10.5 Å².